The molecule has 1 aliphatic rings. The third-order valence-electron chi connectivity index (χ3n) is 3.85. The Bertz CT molecular complexity index is 708. The van der Waals surface area contributed by atoms with E-state index < -0.39 is 0 Å². The van der Waals surface area contributed by atoms with Gasteiger partial charge in [0.15, 0.2) is 0 Å². The van der Waals surface area contributed by atoms with Gasteiger partial charge in [0.25, 0.3) is 0 Å². The number of hydrogen-bond acceptors (Lipinski definition) is 2. The van der Waals surface area contributed by atoms with Gasteiger partial charge in [-0.1, -0.05) is 31.5 Å². The topological polar surface area (TPSA) is 26.5 Å². The van der Waals surface area contributed by atoms with Crippen molar-refractivity contribution in [2.45, 2.75) is 26.4 Å². The highest BCUT2D eigenvalue weighted by molar-refractivity contribution is 6.31. The van der Waals surface area contributed by atoms with E-state index in [-0.39, 0.29) is 11.9 Å². The minimum Gasteiger partial charge on any atom is -0.474 e. The van der Waals surface area contributed by atoms with E-state index in [2.05, 4.69) is 18.8 Å². The molecule has 0 saturated heterocycles. The first-order chi connectivity index (χ1) is 10.5. The highest BCUT2D eigenvalue weighted by Crippen LogP contribution is 2.22. The fourth-order valence-corrected chi connectivity index (χ4v) is 2.68. The quantitative estimate of drug-likeness (QED) is 0.832. The number of ether oxygens (including phenoxy) is 1. The molecule has 2 aromatic rings. The highest BCUT2D eigenvalue weighted by Gasteiger charge is 2.24. The molecule has 1 unspecified atom stereocenters. The molecular formula is C17H18ClFN2O. The van der Waals surface area contributed by atoms with Crippen molar-refractivity contribution < 1.29 is 9.13 Å². The van der Waals surface area contributed by atoms with Crippen molar-refractivity contribution in [3.63, 3.8) is 0 Å². The van der Waals surface area contributed by atoms with Crippen LogP contribution < -0.4 is 0 Å². The molecule has 22 heavy (non-hydrogen) atoms. The van der Waals surface area contributed by atoms with E-state index in [4.69, 9.17) is 16.3 Å². The third-order valence-corrected chi connectivity index (χ3v) is 4.20. The Morgan fingerprint density at radius 1 is 1.41 bits per heavy atom. The molecule has 0 amide bonds. The third kappa shape index (κ3) is 3.02. The average molecular weight is 321 g/mol. The minimum absolute atomic E-state index is 0.202. The first-order valence-electron chi connectivity index (χ1n) is 7.34. The first-order valence-corrected chi connectivity index (χ1v) is 7.72. The summed E-state index contributed by atoms with van der Waals surface area (Å²) in [7, 11) is 0. The van der Waals surface area contributed by atoms with Gasteiger partial charge in [-0.3, -0.25) is 0 Å². The fraction of sp³-hybridized carbons (Fsp3) is 0.353. The second-order valence-corrected chi connectivity index (χ2v) is 6.22. The van der Waals surface area contributed by atoms with Gasteiger partial charge in [-0.25, -0.2) is 9.38 Å². The predicted octanol–water partition coefficient (Wildman–Crippen LogP) is 4.13. The van der Waals surface area contributed by atoms with Crippen LogP contribution in [0.1, 0.15) is 25.1 Å². The standard InChI is InChI=1S/C17H18ClFN2O/c1-11(2)15-10-22-17(20-15)16-4-3-7-21(16)9-12-5-6-13(19)8-14(12)18/h3-8,11,15H,9-10H2,1-2H3. The Balaban J connectivity index is 1.85. The predicted molar refractivity (Wildman–Crippen MR) is 86.1 cm³/mol. The SMILES string of the molecule is CC(C)C1COC(c2cccn2Cc2ccc(F)cc2Cl)=N1. The molecule has 0 spiro atoms. The molecule has 0 radical (unpaired) electrons. The molecular weight excluding hydrogens is 303 g/mol. The number of rotatable bonds is 4. The number of halogens is 2. The lowest BCUT2D eigenvalue weighted by molar-refractivity contribution is 0.290. The maximum Gasteiger partial charge on any atom is 0.233 e. The summed E-state index contributed by atoms with van der Waals surface area (Å²) in [6.45, 7) is 5.45. The molecule has 1 aromatic carbocycles. The number of hydrogen-bond donors (Lipinski definition) is 0. The van der Waals surface area contributed by atoms with Crippen LogP contribution in [-0.2, 0) is 11.3 Å². The van der Waals surface area contributed by atoms with Crippen LogP contribution in [0, 0.1) is 11.7 Å². The van der Waals surface area contributed by atoms with Gasteiger partial charge in [0.05, 0.1) is 6.04 Å². The number of aromatic nitrogens is 1. The fourth-order valence-electron chi connectivity index (χ4n) is 2.45. The second kappa shape index (κ2) is 6.13. The second-order valence-electron chi connectivity index (χ2n) is 5.81. The summed E-state index contributed by atoms with van der Waals surface area (Å²) < 4.78 is 20.9. The van der Waals surface area contributed by atoms with Crippen LogP contribution >= 0.6 is 11.6 Å². The molecule has 116 valence electrons. The summed E-state index contributed by atoms with van der Waals surface area (Å²) >= 11 is 6.11. The van der Waals surface area contributed by atoms with Gasteiger partial charge in [-0.2, -0.15) is 0 Å². The number of benzene rings is 1. The Kier molecular flexibility index (Phi) is 4.21. The van der Waals surface area contributed by atoms with Crippen LogP contribution in [0.15, 0.2) is 41.5 Å². The van der Waals surface area contributed by atoms with Gasteiger partial charge >= 0.3 is 0 Å². The van der Waals surface area contributed by atoms with E-state index in [1.54, 1.807) is 6.07 Å². The van der Waals surface area contributed by atoms with Crippen LogP contribution in [0.4, 0.5) is 4.39 Å². The van der Waals surface area contributed by atoms with E-state index in [9.17, 15) is 4.39 Å². The van der Waals surface area contributed by atoms with Gasteiger partial charge in [0.1, 0.15) is 18.1 Å². The van der Waals surface area contributed by atoms with Crippen LogP contribution in [0.25, 0.3) is 0 Å². The monoisotopic (exact) mass is 320 g/mol. The van der Waals surface area contributed by atoms with Crippen molar-refractivity contribution in [3.05, 3.63) is 58.6 Å². The molecule has 3 rings (SSSR count). The zero-order valence-electron chi connectivity index (χ0n) is 12.6. The van der Waals surface area contributed by atoms with Crippen LogP contribution in [-0.4, -0.2) is 23.1 Å². The van der Waals surface area contributed by atoms with Crippen molar-refractivity contribution in [2.24, 2.45) is 10.9 Å². The molecule has 3 nitrogen and oxygen atoms in total. The zero-order valence-corrected chi connectivity index (χ0v) is 13.3. The van der Waals surface area contributed by atoms with E-state index >= 15 is 0 Å². The molecule has 1 atom stereocenters. The maximum atomic E-state index is 13.1. The summed E-state index contributed by atoms with van der Waals surface area (Å²) in [4.78, 5) is 4.65. The largest absolute Gasteiger partial charge is 0.474 e. The highest BCUT2D eigenvalue weighted by atomic mass is 35.5. The Hall–Kier alpha value is -1.81. The molecule has 1 aromatic heterocycles. The van der Waals surface area contributed by atoms with Gasteiger partial charge in [0, 0.05) is 17.8 Å². The summed E-state index contributed by atoms with van der Waals surface area (Å²) in [6, 6.07) is 8.57. The molecule has 5 heteroatoms. The summed E-state index contributed by atoms with van der Waals surface area (Å²) in [6.07, 6.45) is 1.95. The molecule has 1 aliphatic heterocycles. The van der Waals surface area contributed by atoms with Gasteiger partial charge in [-0.05, 0) is 35.7 Å². The lowest BCUT2D eigenvalue weighted by atomic mass is 10.1. The normalized spacial score (nSPS) is 17.7. The lowest BCUT2D eigenvalue weighted by Crippen LogP contribution is -2.13. The number of nitrogens with zero attached hydrogens (tertiary/aromatic N) is 2. The molecule has 0 fully saturated rings. The smallest absolute Gasteiger partial charge is 0.233 e. The van der Waals surface area contributed by atoms with Crippen LogP contribution in [0.2, 0.25) is 5.02 Å². The molecule has 0 saturated carbocycles. The average Bonchev–Trinajstić information content (AvgIpc) is 3.10. The Morgan fingerprint density at radius 2 is 2.23 bits per heavy atom. The minimum atomic E-state index is -0.329. The van der Waals surface area contributed by atoms with Crippen LogP contribution in [0.3, 0.4) is 0 Å². The van der Waals surface area contributed by atoms with Gasteiger partial charge < -0.3 is 9.30 Å². The molecule has 2 heterocycles. The summed E-state index contributed by atoms with van der Waals surface area (Å²) in [5.74, 6) is 0.791. The first kappa shape index (κ1) is 15.1. The van der Waals surface area contributed by atoms with Crippen molar-refractivity contribution in [1.29, 1.82) is 0 Å². The molecule has 0 bridgehead atoms. The van der Waals surface area contributed by atoms with Crippen molar-refractivity contribution in [2.75, 3.05) is 6.61 Å². The van der Waals surface area contributed by atoms with E-state index in [1.165, 1.54) is 12.1 Å². The van der Waals surface area contributed by atoms with Crippen molar-refractivity contribution in [3.8, 4) is 0 Å². The molecule has 0 N–H and O–H groups in total. The Morgan fingerprint density at radius 3 is 2.91 bits per heavy atom. The Labute approximate surface area is 134 Å². The zero-order chi connectivity index (χ0) is 15.7. The summed E-state index contributed by atoms with van der Waals surface area (Å²) in [5.41, 5.74) is 1.78. The maximum absolute atomic E-state index is 13.1. The van der Waals surface area contributed by atoms with Crippen molar-refractivity contribution in [1.82, 2.24) is 4.57 Å². The van der Waals surface area contributed by atoms with Crippen molar-refractivity contribution >= 4 is 17.5 Å². The van der Waals surface area contributed by atoms with E-state index in [0.717, 1.165) is 11.3 Å². The number of aliphatic imine (C=N–C) groups is 1. The molecule has 0 aliphatic carbocycles. The van der Waals surface area contributed by atoms with E-state index in [0.29, 0.717) is 30.0 Å². The van der Waals surface area contributed by atoms with Gasteiger partial charge in [0.2, 0.25) is 5.90 Å². The van der Waals surface area contributed by atoms with Gasteiger partial charge in [-0.15, -0.1) is 0 Å². The lowest BCUT2D eigenvalue weighted by Gasteiger charge is -2.10. The van der Waals surface area contributed by atoms with E-state index in [1.807, 2.05) is 22.9 Å². The van der Waals surface area contributed by atoms with Crippen LogP contribution in [0.5, 0.6) is 0 Å². The summed E-state index contributed by atoms with van der Waals surface area (Å²) in [5, 5.41) is 0.425.